The van der Waals surface area contributed by atoms with E-state index in [4.69, 9.17) is 9.47 Å². The summed E-state index contributed by atoms with van der Waals surface area (Å²) >= 11 is 0. The first kappa shape index (κ1) is 24.8. The van der Waals surface area contributed by atoms with Crippen molar-refractivity contribution in [2.45, 2.75) is 64.7 Å². The van der Waals surface area contributed by atoms with Gasteiger partial charge in [-0.2, -0.15) is 0 Å². The second-order valence-electron chi connectivity index (χ2n) is 10.7. The lowest BCUT2D eigenvalue weighted by molar-refractivity contribution is 0.309. The van der Waals surface area contributed by atoms with Gasteiger partial charge < -0.3 is 9.47 Å². The fourth-order valence-corrected chi connectivity index (χ4v) is 6.24. The molecule has 6 rings (SSSR count). The third-order valence-corrected chi connectivity index (χ3v) is 8.25. The van der Waals surface area contributed by atoms with Crippen LogP contribution >= 0.6 is 0 Å². The van der Waals surface area contributed by atoms with E-state index in [-0.39, 0.29) is 0 Å². The summed E-state index contributed by atoms with van der Waals surface area (Å²) in [6.45, 7) is 5.93. The zero-order chi connectivity index (χ0) is 25.9. The summed E-state index contributed by atoms with van der Waals surface area (Å²) in [4.78, 5) is 0. The standard InChI is InChI=1S/C36H38O2/c1-3-5-22-37-26-15-17-34-35(24-26)33(20-21-36(34)38-23-6-4-2)29-13-9-12-28-31-16-14-25-10-7-8-11-27(25)30(31)18-19-32(28)29/h7-8,10-11,14-21,24,29H,3-6,9,12-13,22-23H2,1-2H3. The van der Waals surface area contributed by atoms with E-state index in [2.05, 4.69) is 92.7 Å². The van der Waals surface area contributed by atoms with Gasteiger partial charge in [0.2, 0.25) is 0 Å². The van der Waals surface area contributed by atoms with Gasteiger partial charge >= 0.3 is 0 Å². The zero-order valence-corrected chi connectivity index (χ0v) is 22.8. The number of aryl methyl sites for hydroxylation is 1. The van der Waals surface area contributed by atoms with Crippen LogP contribution in [0.25, 0.3) is 32.3 Å². The molecule has 1 atom stereocenters. The molecule has 0 N–H and O–H groups in total. The van der Waals surface area contributed by atoms with Gasteiger partial charge in [-0.05, 0) is 100.0 Å². The summed E-state index contributed by atoms with van der Waals surface area (Å²) in [5.74, 6) is 2.31. The topological polar surface area (TPSA) is 18.5 Å². The van der Waals surface area contributed by atoms with Crippen molar-refractivity contribution in [3.63, 3.8) is 0 Å². The van der Waals surface area contributed by atoms with Crippen LogP contribution in [0.1, 0.15) is 75.0 Å². The average molecular weight is 503 g/mol. The van der Waals surface area contributed by atoms with Gasteiger partial charge in [-0.15, -0.1) is 0 Å². The second-order valence-corrected chi connectivity index (χ2v) is 10.7. The molecule has 1 unspecified atom stereocenters. The van der Waals surface area contributed by atoms with Crippen molar-refractivity contribution >= 4 is 32.3 Å². The first-order valence-corrected chi connectivity index (χ1v) is 14.5. The SMILES string of the molecule is CCCCOc1ccc2c(OCCCC)ccc(C3CCCc4c3ccc3c4ccc4ccccc43)c2c1. The smallest absolute Gasteiger partial charge is 0.127 e. The maximum atomic E-state index is 6.27. The van der Waals surface area contributed by atoms with Crippen LogP contribution in [0.15, 0.2) is 78.9 Å². The molecular formula is C36H38O2. The van der Waals surface area contributed by atoms with Crippen LogP contribution in [0.4, 0.5) is 0 Å². The lowest BCUT2D eigenvalue weighted by Gasteiger charge is -2.29. The van der Waals surface area contributed by atoms with Crippen molar-refractivity contribution in [1.29, 1.82) is 0 Å². The molecule has 0 aliphatic heterocycles. The van der Waals surface area contributed by atoms with Crippen LogP contribution < -0.4 is 9.47 Å². The molecule has 0 bridgehead atoms. The van der Waals surface area contributed by atoms with Gasteiger partial charge in [-0.25, -0.2) is 0 Å². The maximum Gasteiger partial charge on any atom is 0.127 e. The molecule has 0 fully saturated rings. The molecular weight excluding hydrogens is 464 g/mol. The Labute approximate surface area is 226 Å². The number of fused-ring (bicyclic) bond motifs is 6. The highest BCUT2D eigenvalue weighted by molar-refractivity contribution is 6.09. The Morgan fingerprint density at radius 3 is 2.29 bits per heavy atom. The second kappa shape index (κ2) is 11.1. The molecule has 0 amide bonds. The van der Waals surface area contributed by atoms with E-state index in [0.717, 1.165) is 63.2 Å². The largest absolute Gasteiger partial charge is 0.494 e. The Morgan fingerprint density at radius 1 is 0.658 bits per heavy atom. The van der Waals surface area contributed by atoms with Crippen LogP contribution in [-0.4, -0.2) is 13.2 Å². The number of rotatable bonds is 9. The van der Waals surface area contributed by atoms with Crippen LogP contribution in [-0.2, 0) is 6.42 Å². The Balaban J connectivity index is 1.47. The van der Waals surface area contributed by atoms with Crippen LogP contribution in [0, 0.1) is 0 Å². The Morgan fingerprint density at radius 2 is 1.42 bits per heavy atom. The minimum atomic E-state index is 0.368. The summed E-state index contributed by atoms with van der Waals surface area (Å²) < 4.78 is 12.4. The minimum absolute atomic E-state index is 0.368. The predicted octanol–water partition coefficient (Wildman–Crippen LogP) is 9.97. The van der Waals surface area contributed by atoms with E-state index >= 15 is 0 Å². The summed E-state index contributed by atoms with van der Waals surface area (Å²) in [7, 11) is 0. The van der Waals surface area contributed by atoms with Gasteiger partial charge in [0.05, 0.1) is 13.2 Å². The van der Waals surface area contributed by atoms with E-state index in [1.807, 2.05) is 0 Å². The fraction of sp³-hybridized carbons (Fsp3) is 0.333. The molecule has 194 valence electrons. The molecule has 0 saturated heterocycles. The van der Waals surface area contributed by atoms with E-state index in [1.165, 1.54) is 55.4 Å². The number of hydrogen-bond acceptors (Lipinski definition) is 2. The van der Waals surface area contributed by atoms with Gasteiger partial charge in [0.15, 0.2) is 0 Å². The molecule has 5 aromatic carbocycles. The van der Waals surface area contributed by atoms with Crippen molar-refractivity contribution in [1.82, 2.24) is 0 Å². The van der Waals surface area contributed by atoms with Crippen molar-refractivity contribution < 1.29 is 9.47 Å². The summed E-state index contributed by atoms with van der Waals surface area (Å²) in [6.07, 6.45) is 7.92. The van der Waals surface area contributed by atoms with Gasteiger partial charge in [0.1, 0.15) is 11.5 Å². The van der Waals surface area contributed by atoms with Crippen LogP contribution in [0.2, 0.25) is 0 Å². The Hall–Kier alpha value is -3.52. The molecule has 1 aliphatic rings. The van der Waals surface area contributed by atoms with Crippen molar-refractivity contribution in [2.24, 2.45) is 0 Å². The van der Waals surface area contributed by atoms with Crippen LogP contribution in [0.5, 0.6) is 11.5 Å². The van der Waals surface area contributed by atoms with Gasteiger partial charge in [-0.1, -0.05) is 81.3 Å². The van der Waals surface area contributed by atoms with E-state index in [9.17, 15) is 0 Å². The fourth-order valence-electron chi connectivity index (χ4n) is 6.24. The predicted molar refractivity (Wildman–Crippen MR) is 161 cm³/mol. The molecule has 2 heteroatoms. The molecule has 1 aliphatic carbocycles. The minimum Gasteiger partial charge on any atom is -0.494 e. The third-order valence-electron chi connectivity index (χ3n) is 8.25. The number of ether oxygens (including phenoxy) is 2. The first-order valence-electron chi connectivity index (χ1n) is 14.5. The van der Waals surface area contributed by atoms with Gasteiger partial charge in [-0.3, -0.25) is 0 Å². The molecule has 38 heavy (non-hydrogen) atoms. The first-order chi connectivity index (χ1) is 18.8. The summed E-state index contributed by atoms with van der Waals surface area (Å²) in [5, 5.41) is 7.91. The third kappa shape index (κ3) is 4.62. The summed E-state index contributed by atoms with van der Waals surface area (Å²) in [6, 6.07) is 29.3. The number of unbranched alkanes of at least 4 members (excludes halogenated alkanes) is 2. The number of benzene rings is 5. The summed E-state index contributed by atoms with van der Waals surface area (Å²) in [5.41, 5.74) is 4.40. The van der Waals surface area contributed by atoms with E-state index < -0.39 is 0 Å². The Kier molecular flexibility index (Phi) is 7.22. The monoisotopic (exact) mass is 502 g/mol. The average Bonchev–Trinajstić information content (AvgIpc) is 2.97. The molecule has 0 heterocycles. The molecule has 0 saturated carbocycles. The van der Waals surface area contributed by atoms with Gasteiger partial charge in [0, 0.05) is 11.3 Å². The maximum absolute atomic E-state index is 6.27. The molecule has 0 aromatic heterocycles. The Bertz CT molecular complexity index is 1580. The van der Waals surface area contributed by atoms with Crippen molar-refractivity contribution in [2.75, 3.05) is 13.2 Å². The van der Waals surface area contributed by atoms with Gasteiger partial charge in [0.25, 0.3) is 0 Å². The lowest BCUT2D eigenvalue weighted by atomic mass is 9.75. The van der Waals surface area contributed by atoms with E-state index in [0.29, 0.717) is 5.92 Å². The molecule has 0 radical (unpaired) electrons. The zero-order valence-electron chi connectivity index (χ0n) is 22.8. The van der Waals surface area contributed by atoms with Crippen molar-refractivity contribution in [3.05, 3.63) is 95.6 Å². The quantitative estimate of drug-likeness (QED) is 0.147. The molecule has 5 aromatic rings. The van der Waals surface area contributed by atoms with Crippen LogP contribution in [0.3, 0.4) is 0 Å². The lowest BCUT2D eigenvalue weighted by Crippen LogP contribution is -2.12. The number of hydrogen-bond donors (Lipinski definition) is 0. The molecule has 0 spiro atoms. The highest BCUT2D eigenvalue weighted by atomic mass is 16.5. The van der Waals surface area contributed by atoms with E-state index in [1.54, 1.807) is 0 Å². The highest BCUT2D eigenvalue weighted by Gasteiger charge is 2.26. The van der Waals surface area contributed by atoms with Crippen molar-refractivity contribution in [3.8, 4) is 11.5 Å². The normalized spacial score (nSPS) is 15.2. The highest BCUT2D eigenvalue weighted by Crippen LogP contribution is 2.45. The molecule has 2 nitrogen and oxygen atoms in total.